The minimum Gasteiger partial charge on any atom is -0.508 e. The van der Waals surface area contributed by atoms with Crippen molar-refractivity contribution >= 4 is 17.3 Å². The first-order valence-electron chi connectivity index (χ1n) is 5.93. The predicted molar refractivity (Wildman–Crippen MR) is 76.3 cm³/mol. The summed E-state index contributed by atoms with van der Waals surface area (Å²) in [5.74, 6) is 0.311. The van der Waals surface area contributed by atoms with Crippen LogP contribution < -0.4 is 5.32 Å². The summed E-state index contributed by atoms with van der Waals surface area (Å²) in [6, 6.07) is 15.3. The lowest BCUT2D eigenvalue weighted by Gasteiger charge is -2.15. The van der Waals surface area contributed by atoms with Gasteiger partial charge in [-0.15, -0.1) is 0 Å². The average molecular weight is 262 g/mol. The minimum atomic E-state index is 0.285. The number of hydrogen-bond donors (Lipinski definition) is 2. The maximum Gasteiger partial charge on any atom is 0.115 e. The molecule has 0 fully saturated rings. The van der Waals surface area contributed by atoms with Gasteiger partial charge in [-0.3, -0.25) is 0 Å². The molecule has 2 aromatic carbocycles. The highest BCUT2D eigenvalue weighted by Crippen LogP contribution is 2.17. The Morgan fingerprint density at radius 1 is 1.17 bits per heavy atom. The molecule has 2 aromatic rings. The van der Waals surface area contributed by atoms with Crippen molar-refractivity contribution in [2.75, 3.05) is 5.32 Å². The summed E-state index contributed by atoms with van der Waals surface area (Å²) in [6.45, 7) is 2.11. The highest BCUT2D eigenvalue weighted by molar-refractivity contribution is 6.30. The molecule has 0 heterocycles. The van der Waals surface area contributed by atoms with E-state index in [1.54, 1.807) is 12.1 Å². The standard InChI is InChI=1S/C15H16ClNO/c1-11(9-12-3-2-4-15(18)10-12)17-14-7-5-13(16)6-8-14/h2-8,10-11,17-18H,9H2,1H3. The van der Waals surface area contributed by atoms with Crippen molar-refractivity contribution in [3.8, 4) is 5.75 Å². The Bertz CT molecular complexity index is 510. The van der Waals surface area contributed by atoms with Crippen molar-refractivity contribution in [1.29, 1.82) is 0 Å². The van der Waals surface area contributed by atoms with Gasteiger partial charge in [-0.2, -0.15) is 0 Å². The van der Waals surface area contributed by atoms with E-state index in [0.29, 0.717) is 5.75 Å². The van der Waals surface area contributed by atoms with E-state index >= 15 is 0 Å². The van der Waals surface area contributed by atoms with Crippen molar-refractivity contribution in [2.24, 2.45) is 0 Å². The number of rotatable bonds is 4. The third-order valence-corrected chi connectivity index (χ3v) is 2.96. The molecule has 3 heteroatoms. The van der Waals surface area contributed by atoms with Gasteiger partial charge in [0.1, 0.15) is 5.75 Å². The molecule has 0 bridgehead atoms. The first kappa shape index (κ1) is 12.8. The Hall–Kier alpha value is -1.67. The maximum absolute atomic E-state index is 9.41. The van der Waals surface area contributed by atoms with Crippen LogP contribution in [0.3, 0.4) is 0 Å². The molecule has 94 valence electrons. The molecule has 1 atom stereocenters. The van der Waals surface area contributed by atoms with Crippen molar-refractivity contribution in [1.82, 2.24) is 0 Å². The Kier molecular flexibility index (Phi) is 4.11. The van der Waals surface area contributed by atoms with Gasteiger partial charge in [-0.05, 0) is 55.3 Å². The molecule has 0 aliphatic rings. The molecule has 18 heavy (non-hydrogen) atoms. The molecule has 0 spiro atoms. The number of anilines is 1. The molecule has 0 saturated carbocycles. The molecule has 2 nitrogen and oxygen atoms in total. The topological polar surface area (TPSA) is 32.3 Å². The first-order chi connectivity index (χ1) is 8.63. The van der Waals surface area contributed by atoms with Gasteiger partial charge in [0.15, 0.2) is 0 Å². The van der Waals surface area contributed by atoms with Crippen LogP contribution in [-0.2, 0) is 6.42 Å². The number of phenols is 1. The molecule has 0 saturated heterocycles. The monoisotopic (exact) mass is 261 g/mol. The highest BCUT2D eigenvalue weighted by atomic mass is 35.5. The molecule has 2 rings (SSSR count). The Morgan fingerprint density at radius 2 is 1.89 bits per heavy atom. The predicted octanol–water partition coefficient (Wildman–Crippen LogP) is 4.09. The smallest absolute Gasteiger partial charge is 0.115 e. The van der Waals surface area contributed by atoms with E-state index in [1.165, 1.54) is 0 Å². The van der Waals surface area contributed by atoms with Crippen molar-refractivity contribution in [2.45, 2.75) is 19.4 Å². The van der Waals surface area contributed by atoms with Gasteiger partial charge >= 0.3 is 0 Å². The van der Waals surface area contributed by atoms with Crippen molar-refractivity contribution in [3.63, 3.8) is 0 Å². The van der Waals surface area contributed by atoms with Crippen molar-refractivity contribution in [3.05, 3.63) is 59.1 Å². The summed E-state index contributed by atoms with van der Waals surface area (Å²) < 4.78 is 0. The van der Waals surface area contributed by atoms with Crippen LogP contribution in [0.15, 0.2) is 48.5 Å². The van der Waals surface area contributed by atoms with Crippen LogP contribution in [0.2, 0.25) is 5.02 Å². The quantitative estimate of drug-likeness (QED) is 0.869. The lowest BCUT2D eigenvalue weighted by molar-refractivity contribution is 0.474. The van der Waals surface area contributed by atoms with Crippen LogP contribution in [0.1, 0.15) is 12.5 Å². The molecular weight excluding hydrogens is 246 g/mol. The number of benzene rings is 2. The zero-order chi connectivity index (χ0) is 13.0. The number of phenolic OH excluding ortho intramolecular Hbond substituents is 1. The van der Waals surface area contributed by atoms with Gasteiger partial charge in [-0.1, -0.05) is 23.7 Å². The molecule has 1 unspecified atom stereocenters. The molecule has 0 radical (unpaired) electrons. The highest BCUT2D eigenvalue weighted by Gasteiger charge is 2.04. The van der Waals surface area contributed by atoms with Crippen LogP contribution in [0.4, 0.5) is 5.69 Å². The van der Waals surface area contributed by atoms with Gasteiger partial charge < -0.3 is 10.4 Å². The Labute approximate surface area is 112 Å². The third-order valence-electron chi connectivity index (χ3n) is 2.71. The van der Waals surface area contributed by atoms with Crippen LogP contribution in [0, 0.1) is 0 Å². The summed E-state index contributed by atoms with van der Waals surface area (Å²) in [4.78, 5) is 0. The minimum absolute atomic E-state index is 0.285. The summed E-state index contributed by atoms with van der Waals surface area (Å²) in [5, 5.41) is 13.5. The second kappa shape index (κ2) is 5.78. The van der Waals surface area contributed by atoms with E-state index in [2.05, 4.69) is 12.2 Å². The van der Waals surface area contributed by atoms with E-state index in [1.807, 2.05) is 36.4 Å². The zero-order valence-corrected chi connectivity index (χ0v) is 11.0. The van der Waals surface area contributed by atoms with Gasteiger partial charge in [0.25, 0.3) is 0 Å². The van der Waals surface area contributed by atoms with E-state index in [-0.39, 0.29) is 6.04 Å². The zero-order valence-electron chi connectivity index (χ0n) is 10.2. The van der Waals surface area contributed by atoms with E-state index in [0.717, 1.165) is 22.7 Å². The van der Waals surface area contributed by atoms with E-state index in [9.17, 15) is 5.11 Å². The van der Waals surface area contributed by atoms with Gasteiger partial charge in [0.05, 0.1) is 0 Å². The summed E-state index contributed by atoms with van der Waals surface area (Å²) >= 11 is 5.84. The lowest BCUT2D eigenvalue weighted by atomic mass is 10.1. The molecule has 0 aliphatic carbocycles. The van der Waals surface area contributed by atoms with Crippen LogP contribution in [0.25, 0.3) is 0 Å². The fraction of sp³-hybridized carbons (Fsp3) is 0.200. The normalized spacial score (nSPS) is 12.1. The van der Waals surface area contributed by atoms with Crippen LogP contribution >= 0.6 is 11.6 Å². The summed E-state index contributed by atoms with van der Waals surface area (Å²) in [6.07, 6.45) is 0.858. The van der Waals surface area contributed by atoms with Crippen molar-refractivity contribution < 1.29 is 5.11 Å². The largest absolute Gasteiger partial charge is 0.508 e. The van der Waals surface area contributed by atoms with E-state index in [4.69, 9.17) is 11.6 Å². The molecular formula is C15H16ClNO. The number of nitrogens with one attached hydrogen (secondary N) is 1. The molecule has 0 amide bonds. The second-order valence-electron chi connectivity index (χ2n) is 4.43. The van der Waals surface area contributed by atoms with E-state index < -0.39 is 0 Å². The number of aromatic hydroxyl groups is 1. The summed E-state index contributed by atoms with van der Waals surface area (Å²) in [5.41, 5.74) is 2.16. The number of hydrogen-bond acceptors (Lipinski definition) is 2. The van der Waals surface area contributed by atoms with Crippen LogP contribution in [-0.4, -0.2) is 11.1 Å². The number of halogens is 1. The summed E-state index contributed by atoms with van der Waals surface area (Å²) in [7, 11) is 0. The first-order valence-corrected chi connectivity index (χ1v) is 6.31. The van der Waals surface area contributed by atoms with Crippen LogP contribution in [0.5, 0.6) is 5.75 Å². The fourth-order valence-corrected chi connectivity index (χ4v) is 2.04. The fourth-order valence-electron chi connectivity index (χ4n) is 1.92. The molecule has 2 N–H and O–H groups in total. The molecule has 0 aliphatic heterocycles. The third kappa shape index (κ3) is 3.67. The van der Waals surface area contributed by atoms with Gasteiger partial charge in [0, 0.05) is 16.8 Å². The van der Waals surface area contributed by atoms with Gasteiger partial charge in [0.2, 0.25) is 0 Å². The average Bonchev–Trinajstić information content (AvgIpc) is 2.32. The maximum atomic E-state index is 9.41. The Morgan fingerprint density at radius 3 is 2.56 bits per heavy atom. The molecule has 0 aromatic heterocycles. The SMILES string of the molecule is CC(Cc1cccc(O)c1)Nc1ccc(Cl)cc1. The van der Waals surface area contributed by atoms with Gasteiger partial charge in [-0.25, -0.2) is 0 Å². The Balaban J connectivity index is 1.96. The second-order valence-corrected chi connectivity index (χ2v) is 4.86. The lowest BCUT2D eigenvalue weighted by Crippen LogP contribution is -2.17.